The lowest BCUT2D eigenvalue weighted by Crippen LogP contribution is -2.20. The van der Waals surface area contributed by atoms with E-state index in [4.69, 9.17) is 0 Å². The molecule has 0 amide bonds. The van der Waals surface area contributed by atoms with Crippen molar-refractivity contribution in [1.29, 1.82) is 0 Å². The maximum absolute atomic E-state index is 10.0. The highest BCUT2D eigenvalue weighted by atomic mass is 32.2. The van der Waals surface area contributed by atoms with Crippen LogP contribution >= 0.6 is 0 Å². The summed E-state index contributed by atoms with van der Waals surface area (Å²) >= 11 is -2.03. The van der Waals surface area contributed by atoms with Gasteiger partial charge in [-0.3, -0.25) is 4.21 Å². The Morgan fingerprint density at radius 1 is 1.75 bits per heavy atom. The molecule has 0 fully saturated rings. The van der Waals surface area contributed by atoms with E-state index in [-0.39, 0.29) is 0 Å². The first kappa shape index (κ1) is 8.07. The highest BCUT2D eigenvalue weighted by molar-refractivity contribution is 7.76. The molecule has 0 rings (SSSR count). The highest BCUT2D eigenvalue weighted by Crippen LogP contribution is 1.86. The third kappa shape index (κ3) is 3.12. The van der Waals surface area contributed by atoms with Crippen LogP contribution in [0.5, 0.6) is 0 Å². The minimum atomic E-state index is -2.03. The van der Waals surface area contributed by atoms with E-state index in [9.17, 15) is 8.76 Å². The van der Waals surface area contributed by atoms with Gasteiger partial charge in [0.2, 0.25) is 0 Å². The Balaban J connectivity index is 3.32. The number of nitrogens with zero attached hydrogens (tertiary/aromatic N) is 1. The molecule has 0 heterocycles. The predicted octanol–water partition coefficient (Wildman–Crippen LogP) is 0.122. The Kier molecular flexibility index (Phi) is 4.03. The molecule has 50 valence electrons. The van der Waals surface area contributed by atoms with Crippen LogP contribution in [0, 0.1) is 0 Å². The molecule has 0 aromatic heterocycles. The minimum absolute atomic E-state index is 0.607. The van der Waals surface area contributed by atoms with Crippen molar-refractivity contribution >= 4 is 11.3 Å². The van der Waals surface area contributed by atoms with Gasteiger partial charge in [-0.15, -0.1) is 0 Å². The lowest BCUT2D eigenvalue weighted by Gasteiger charge is -2.16. The van der Waals surface area contributed by atoms with Crippen molar-refractivity contribution in [2.75, 3.05) is 13.6 Å². The summed E-state index contributed by atoms with van der Waals surface area (Å²) in [5.41, 5.74) is 0. The maximum atomic E-state index is 10.0. The van der Waals surface area contributed by atoms with Gasteiger partial charge >= 0.3 is 0 Å². The van der Waals surface area contributed by atoms with Crippen LogP contribution in [0.3, 0.4) is 0 Å². The summed E-state index contributed by atoms with van der Waals surface area (Å²) in [6, 6.07) is 0. The standard InChI is InChI=1S/C4H11NO2S/c1-3-4-5(2)8(6)7/h3-4H2,1-2H3,(H,6,7)/p-1. The zero-order valence-electron chi connectivity index (χ0n) is 5.09. The number of hydrogen-bond acceptors (Lipinski definition) is 2. The first-order chi connectivity index (χ1) is 3.68. The molecule has 3 nitrogen and oxygen atoms in total. The lowest BCUT2D eigenvalue weighted by atomic mass is 10.5. The van der Waals surface area contributed by atoms with Crippen LogP contribution in [0.1, 0.15) is 13.3 Å². The fraction of sp³-hybridized carbons (Fsp3) is 1.00. The Morgan fingerprint density at radius 3 is 2.38 bits per heavy atom. The Bertz CT molecular complexity index is 86.1. The second-order valence-electron chi connectivity index (χ2n) is 1.57. The van der Waals surface area contributed by atoms with Crippen LogP contribution in [-0.4, -0.2) is 26.7 Å². The Labute approximate surface area is 52.1 Å². The zero-order chi connectivity index (χ0) is 6.57. The summed E-state index contributed by atoms with van der Waals surface area (Å²) in [7, 11) is 1.55. The summed E-state index contributed by atoms with van der Waals surface area (Å²) in [6.45, 7) is 2.54. The van der Waals surface area contributed by atoms with E-state index in [1.165, 1.54) is 4.31 Å². The first-order valence-electron chi connectivity index (χ1n) is 2.49. The molecule has 0 bridgehead atoms. The molecule has 0 spiro atoms. The van der Waals surface area contributed by atoms with E-state index >= 15 is 0 Å². The molecule has 0 aliphatic carbocycles. The van der Waals surface area contributed by atoms with E-state index < -0.39 is 11.3 Å². The van der Waals surface area contributed by atoms with Crippen molar-refractivity contribution in [2.45, 2.75) is 13.3 Å². The molecule has 1 unspecified atom stereocenters. The van der Waals surface area contributed by atoms with Gasteiger partial charge in [-0.1, -0.05) is 6.92 Å². The monoisotopic (exact) mass is 136 g/mol. The molecule has 0 saturated carbocycles. The molecule has 0 aromatic carbocycles. The average molecular weight is 136 g/mol. The van der Waals surface area contributed by atoms with Crippen LogP contribution in [0.25, 0.3) is 0 Å². The van der Waals surface area contributed by atoms with E-state index in [0.717, 1.165) is 6.42 Å². The van der Waals surface area contributed by atoms with Crippen molar-refractivity contribution in [2.24, 2.45) is 0 Å². The van der Waals surface area contributed by atoms with Crippen molar-refractivity contribution in [3.63, 3.8) is 0 Å². The van der Waals surface area contributed by atoms with E-state index in [0.29, 0.717) is 6.54 Å². The van der Waals surface area contributed by atoms with Gasteiger partial charge in [-0.05, 0) is 13.5 Å². The summed E-state index contributed by atoms with van der Waals surface area (Å²) in [4.78, 5) is 0. The third-order valence-electron chi connectivity index (χ3n) is 0.793. The van der Waals surface area contributed by atoms with Gasteiger partial charge in [0.25, 0.3) is 0 Å². The molecule has 0 aromatic rings. The quantitative estimate of drug-likeness (QED) is 0.517. The van der Waals surface area contributed by atoms with Crippen LogP contribution < -0.4 is 0 Å². The molecular formula is C4H10NO2S-. The van der Waals surface area contributed by atoms with E-state index in [1.807, 2.05) is 6.92 Å². The van der Waals surface area contributed by atoms with Crippen molar-refractivity contribution in [3.8, 4) is 0 Å². The van der Waals surface area contributed by atoms with Gasteiger partial charge in [-0.2, -0.15) is 0 Å². The first-order valence-corrected chi connectivity index (χ1v) is 3.52. The van der Waals surface area contributed by atoms with Gasteiger partial charge in [-0.25, -0.2) is 4.31 Å². The topological polar surface area (TPSA) is 43.4 Å². The molecule has 8 heavy (non-hydrogen) atoms. The van der Waals surface area contributed by atoms with Crippen LogP contribution in [-0.2, 0) is 11.3 Å². The van der Waals surface area contributed by atoms with Crippen molar-refractivity contribution in [3.05, 3.63) is 0 Å². The second-order valence-corrected chi connectivity index (χ2v) is 2.63. The number of rotatable bonds is 3. The molecular weight excluding hydrogens is 126 g/mol. The molecule has 0 aliphatic rings. The lowest BCUT2D eigenvalue weighted by molar-refractivity contribution is 0.433. The van der Waals surface area contributed by atoms with Crippen LogP contribution in [0.2, 0.25) is 0 Å². The van der Waals surface area contributed by atoms with Crippen LogP contribution in [0.4, 0.5) is 0 Å². The molecule has 0 saturated heterocycles. The largest absolute Gasteiger partial charge is 0.760 e. The third-order valence-corrected chi connectivity index (χ3v) is 1.48. The molecule has 0 radical (unpaired) electrons. The van der Waals surface area contributed by atoms with Crippen molar-refractivity contribution < 1.29 is 8.76 Å². The van der Waals surface area contributed by atoms with Crippen molar-refractivity contribution in [1.82, 2.24) is 4.31 Å². The maximum Gasteiger partial charge on any atom is 0.0206 e. The summed E-state index contributed by atoms with van der Waals surface area (Å²) in [6.07, 6.45) is 0.866. The fourth-order valence-electron chi connectivity index (χ4n) is 0.389. The van der Waals surface area contributed by atoms with E-state index in [1.54, 1.807) is 7.05 Å². The fourth-order valence-corrected chi connectivity index (χ4v) is 0.721. The highest BCUT2D eigenvalue weighted by Gasteiger charge is 1.91. The summed E-state index contributed by atoms with van der Waals surface area (Å²) < 4.78 is 21.3. The molecule has 1 atom stereocenters. The average Bonchev–Trinajstić information content (AvgIpc) is 1.67. The summed E-state index contributed by atoms with van der Waals surface area (Å²) in [5.74, 6) is 0. The molecule has 4 heteroatoms. The van der Waals surface area contributed by atoms with Crippen LogP contribution in [0.15, 0.2) is 0 Å². The summed E-state index contributed by atoms with van der Waals surface area (Å²) in [5, 5.41) is 0. The van der Waals surface area contributed by atoms with Gasteiger partial charge in [0.1, 0.15) is 0 Å². The predicted molar refractivity (Wildman–Crippen MR) is 31.8 cm³/mol. The van der Waals surface area contributed by atoms with E-state index in [2.05, 4.69) is 0 Å². The van der Waals surface area contributed by atoms with Gasteiger partial charge in [0.15, 0.2) is 0 Å². The molecule has 0 N–H and O–H groups in total. The normalized spacial score (nSPS) is 14.5. The second kappa shape index (κ2) is 4.00. The minimum Gasteiger partial charge on any atom is -0.760 e. The van der Waals surface area contributed by atoms with Gasteiger partial charge in [0.05, 0.1) is 0 Å². The Morgan fingerprint density at radius 2 is 2.25 bits per heavy atom. The molecule has 0 aliphatic heterocycles. The smallest absolute Gasteiger partial charge is 0.0206 e. The zero-order valence-corrected chi connectivity index (χ0v) is 5.90. The van der Waals surface area contributed by atoms with Gasteiger partial charge in [0, 0.05) is 17.8 Å². The van der Waals surface area contributed by atoms with Gasteiger partial charge < -0.3 is 4.55 Å². The Hall–Kier alpha value is 0.0700. The SMILES string of the molecule is CCCN(C)S(=O)[O-]. The number of hydrogen-bond donors (Lipinski definition) is 0.